The van der Waals surface area contributed by atoms with Crippen molar-refractivity contribution in [2.24, 2.45) is 11.8 Å². The maximum absolute atomic E-state index is 12.0. The summed E-state index contributed by atoms with van der Waals surface area (Å²) in [7, 11) is 1.61. The summed E-state index contributed by atoms with van der Waals surface area (Å²) in [6, 6.07) is 7.33. The molecule has 6 heteroatoms. The molecule has 1 aromatic carbocycles. The largest absolute Gasteiger partial charge is 0.497 e. The van der Waals surface area contributed by atoms with Crippen LogP contribution in [0.3, 0.4) is 0 Å². The van der Waals surface area contributed by atoms with Gasteiger partial charge < -0.3 is 19.9 Å². The predicted octanol–water partition coefficient (Wildman–Crippen LogP) is 2.08. The lowest BCUT2D eigenvalue weighted by Crippen LogP contribution is -2.31. The molecule has 6 nitrogen and oxygen atoms in total. The summed E-state index contributed by atoms with van der Waals surface area (Å²) in [5, 5.41) is 11.8. The Labute approximate surface area is 135 Å². The van der Waals surface area contributed by atoms with Crippen molar-refractivity contribution >= 4 is 11.9 Å². The molecule has 1 aliphatic rings. The fourth-order valence-corrected chi connectivity index (χ4v) is 2.73. The quantitative estimate of drug-likeness (QED) is 0.716. The van der Waals surface area contributed by atoms with Crippen LogP contribution >= 0.6 is 0 Å². The Morgan fingerprint density at radius 1 is 1.17 bits per heavy atom. The van der Waals surface area contributed by atoms with Gasteiger partial charge in [0.1, 0.15) is 11.5 Å². The minimum Gasteiger partial charge on any atom is -0.497 e. The van der Waals surface area contributed by atoms with Gasteiger partial charge in [0.15, 0.2) is 0 Å². The molecule has 2 N–H and O–H groups in total. The second-order valence-electron chi connectivity index (χ2n) is 5.71. The molecule has 2 rings (SSSR count). The first-order valence-corrected chi connectivity index (χ1v) is 7.87. The number of hydrogen-bond donors (Lipinski definition) is 2. The van der Waals surface area contributed by atoms with Crippen LogP contribution in [0.1, 0.15) is 25.7 Å². The SMILES string of the molecule is COc1ccc(OCCCNC(=O)[C@@H]2CC[C@H](C(=O)O)C2)cc1. The van der Waals surface area contributed by atoms with E-state index in [0.717, 1.165) is 11.5 Å². The summed E-state index contributed by atoms with van der Waals surface area (Å²) < 4.78 is 10.6. The lowest BCUT2D eigenvalue weighted by molar-refractivity contribution is -0.141. The van der Waals surface area contributed by atoms with Crippen molar-refractivity contribution in [2.45, 2.75) is 25.7 Å². The second-order valence-corrected chi connectivity index (χ2v) is 5.71. The Kier molecular flexibility index (Phi) is 6.26. The van der Waals surface area contributed by atoms with Crippen LogP contribution in [0.25, 0.3) is 0 Å². The fraction of sp³-hybridized carbons (Fsp3) is 0.529. The zero-order valence-corrected chi connectivity index (χ0v) is 13.3. The van der Waals surface area contributed by atoms with Gasteiger partial charge in [-0.3, -0.25) is 9.59 Å². The molecule has 0 heterocycles. The monoisotopic (exact) mass is 321 g/mol. The predicted molar refractivity (Wildman–Crippen MR) is 84.6 cm³/mol. The maximum atomic E-state index is 12.0. The van der Waals surface area contributed by atoms with Crippen LogP contribution in [-0.4, -0.2) is 37.2 Å². The topological polar surface area (TPSA) is 84.9 Å². The summed E-state index contributed by atoms with van der Waals surface area (Å²) in [5.74, 6) is 0.159. The second kappa shape index (κ2) is 8.41. The van der Waals surface area contributed by atoms with Crippen LogP contribution in [0.4, 0.5) is 0 Å². The number of hydrogen-bond acceptors (Lipinski definition) is 4. The number of ether oxygens (including phenoxy) is 2. The fourth-order valence-electron chi connectivity index (χ4n) is 2.73. The molecule has 0 spiro atoms. The molecule has 1 aromatic rings. The zero-order valence-electron chi connectivity index (χ0n) is 13.3. The summed E-state index contributed by atoms with van der Waals surface area (Å²) in [6.45, 7) is 1.04. The smallest absolute Gasteiger partial charge is 0.306 e. The van der Waals surface area contributed by atoms with Crippen molar-refractivity contribution < 1.29 is 24.2 Å². The highest BCUT2D eigenvalue weighted by molar-refractivity contribution is 5.80. The number of carbonyl (C=O) groups is 2. The lowest BCUT2D eigenvalue weighted by atomic mass is 10.0. The number of rotatable bonds is 8. The van der Waals surface area contributed by atoms with Crippen molar-refractivity contribution in [3.05, 3.63) is 24.3 Å². The number of carbonyl (C=O) groups excluding carboxylic acids is 1. The molecule has 0 saturated heterocycles. The van der Waals surface area contributed by atoms with E-state index in [2.05, 4.69) is 5.32 Å². The number of methoxy groups -OCH3 is 1. The summed E-state index contributed by atoms with van der Waals surface area (Å²) in [6.07, 6.45) is 2.40. The number of carboxylic acid groups (broad SMARTS) is 1. The minimum atomic E-state index is -0.798. The van der Waals surface area contributed by atoms with Gasteiger partial charge in [0.2, 0.25) is 5.91 Å². The van der Waals surface area contributed by atoms with Gasteiger partial charge in [-0.25, -0.2) is 0 Å². The molecule has 1 aliphatic carbocycles. The standard InChI is InChI=1S/C17H23NO5/c1-22-14-5-7-15(8-6-14)23-10-2-9-18-16(19)12-3-4-13(11-12)17(20)21/h5-8,12-13H,2-4,9-11H2,1H3,(H,18,19)(H,20,21)/t12-,13+/m1/s1. The van der Waals surface area contributed by atoms with Crippen molar-refractivity contribution in [3.63, 3.8) is 0 Å². The van der Waals surface area contributed by atoms with E-state index >= 15 is 0 Å². The molecule has 1 amide bonds. The summed E-state index contributed by atoms with van der Waals surface area (Å²) >= 11 is 0. The van der Waals surface area contributed by atoms with Crippen LogP contribution in [0.15, 0.2) is 24.3 Å². The molecular weight excluding hydrogens is 298 g/mol. The van der Waals surface area contributed by atoms with E-state index in [-0.39, 0.29) is 17.7 Å². The highest BCUT2D eigenvalue weighted by Crippen LogP contribution is 2.31. The molecule has 2 atom stereocenters. The Morgan fingerprint density at radius 3 is 2.43 bits per heavy atom. The number of nitrogens with one attached hydrogen (secondary N) is 1. The van der Waals surface area contributed by atoms with E-state index < -0.39 is 5.97 Å². The van der Waals surface area contributed by atoms with E-state index in [0.29, 0.717) is 38.8 Å². The van der Waals surface area contributed by atoms with Crippen molar-refractivity contribution in [3.8, 4) is 11.5 Å². The van der Waals surface area contributed by atoms with Crippen LogP contribution in [-0.2, 0) is 9.59 Å². The number of benzene rings is 1. The minimum absolute atomic E-state index is 0.0433. The van der Waals surface area contributed by atoms with Gasteiger partial charge in [0.25, 0.3) is 0 Å². The Hall–Kier alpha value is -2.24. The van der Waals surface area contributed by atoms with Gasteiger partial charge in [-0.2, -0.15) is 0 Å². The molecule has 1 fully saturated rings. The van der Waals surface area contributed by atoms with E-state index in [4.69, 9.17) is 14.6 Å². The van der Waals surface area contributed by atoms with E-state index in [1.54, 1.807) is 7.11 Å². The van der Waals surface area contributed by atoms with Crippen LogP contribution < -0.4 is 14.8 Å². The molecule has 0 aromatic heterocycles. The first-order valence-electron chi connectivity index (χ1n) is 7.87. The summed E-state index contributed by atoms with van der Waals surface area (Å²) in [5.41, 5.74) is 0. The van der Waals surface area contributed by atoms with Gasteiger partial charge in [0, 0.05) is 12.5 Å². The summed E-state index contributed by atoms with van der Waals surface area (Å²) in [4.78, 5) is 22.8. The van der Waals surface area contributed by atoms with E-state index in [1.807, 2.05) is 24.3 Å². The van der Waals surface area contributed by atoms with Crippen LogP contribution in [0.5, 0.6) is 11.5 Å². The zero-order chi connectivity index (χ0) is 16.7. The number of amides is 1. The van der Waals surface area contributed by atoms with Gasteiger partial charge in [-0.05, 0) is 49.9 Å². The maximum Gasteiger partial charge on any atom is 0.306 e. The Bertz CT molecular complexity index is 528. The highest BCUT2D eigenvalue weighted by Gasteiger charge is 2.33. The van der Waals surface area contributed by atoms with Gasteiger partial charge in [0.05, 0.1) is 19.6 Å². The average Bonchev–Trinajstić information content (AvgIpc) is 3.05. The van der Waals surface area contributed by atoms with Gasteiger partial charge in [-0.15, -0.1) is 0 Å². The third-order valence-electron chi connectivity index (χ3n) is 4.10. The van der Waals surface area contributed by atoms with Crippen LogP contribution in [0.2, 0.25) is 0 Å². The molecular formula is C17H23NO5. The first kappa shape index (κ1) is 17.1. The molecule has 0 aliphatic heterocycles. The molecule has 126 valence electrons. The normalized spacial score (nSPS) is 20.0. The number of aliphatic carboxylic acids is 1. The van der Waals surface area contributed by atoms with Gasteiger partial charge >= 0.3 is 5.97 Å². The van der Waals surface area contributed by atoms with Gasteiger partial charge in [-0.1, -0.05) is 0 Å². The molecule has 23 heavy (non-hydrogen) atoms. The molecule has 1 saturated carbocycles. The van der Waals surface area contributed by atoms with Crippen molar-refractivity contribution in [2.75, 3.05) is 20.3 Å². The first-order chi connectivity index (χ1) is 11.1. The lowest BCUT2D eigenvalue weighted by Gasteiger charge is -2.11. The van der Waals surface area contributed by atoms with E-state index in [9.17, 15) is 9.59 Å². The molecule has 0 bridgehead atoms. The molecule has 0 radical (unpaired) electrons. The number of carboxylic acids is 1. The van der Waals surface area contributed by atoms with Crippen molar-refractivity contribution in [1.29, 1.82) is 0 Å². The highest BCUT2D eigenvalue weighted by atomic mass is 16.5. The van der Waals surface area contributed by atoms with E-state index in [1.165, 1.54) is 0 Å². The average molecular weight is 321 g/mol. The van der Waals surface area contributed by atoms with Crippen molar-refractivity contribution in [1.82, 2.24) is 5.32 Å². The third kappa shape index (κ3) is 5.16. The Balaban J connectivity index is 1.60. The molecule has 0 unspecified atom stereocenters. The Morgan fingerprint density at radius 2 is 1.83 bits per heavy atom. The third-order valence-corrected chi connectivity index (χ3v) is 4.10. The van der Waals surface area contributed by atoms with Crippen LogP contribution in [0, 0.1) is 11.8 Å².